The summed E-state index contributed by atoms with van der Waals surface area (Å²) in [6.07, 6.45) is 1.58. The van der Waals surface area contributed by atoms with Gasteiger partial charge in [-0.2, -0.15) is 0 Å². The first-order valence-corrected chi connectivity index (χ1v) is 6.43. The van der Waals surface area contributed by atoms with Crippen LogP contribution in [0.3, 0.4) is 0 Å². The zero-order valence-electron chi connectivity index (χ0n) is 12.2. The van der Waals surface area contributed by atoms with Gasteiger partial charge < -0.3 is 19.8 Å². The molecule has 0 amide bonds. The fourth-order valence-corrected chi connectivity index (χ4v) is 2.09. The van der Waals surface area contributed by atoms with E-state index in [0.717, 1.165) is 0 Å². The molecule has 7 heteroatoms. The molecule has 2 N–H and O–H groups in total. The number of aromatic nitrogens is 1. The predicted octanol–water partition coefficient (Wildman–Crippen LogP) is 0.106. The fourth-order valence-electron chi connectivity index (χ4n) is 2.09. The van der Waals surface area contributed by atoms with Gasteiger partial charge in [-0.15, -0.1) is 0 Å². The summed E-state index contributed by atoms with van der Waals surface area (Å²) in [5.41, 5.74) is 5.29. The molecule has 1 saturated heterocycles. The zero-order chi connectivity index (χ0) is 15.0. The first-order chi connectivity index (χ1) is 9.34. The Bertz CT molecular complexity index is 523. The van der Waals surface area contributed by atoms with Crippen molar-refractivity contribution in [2.75, 3.05) is 13.7 Å². The van der Waals surface area contributed by atoms with E-state index >= 15 is 0 Å². The van der Waals surface area contributed by atoms with Crippen molar-refractivity contribution in [1.29, 1.82) is 0 Å². The Kier molecular flexibility index (Phi) is 3.86. The molecule has 6 nitrogen and oxygen atoms in total. The second kappa shape index (κ2) is 5.16. The molecule has 20 heavy (non-hydrogen) atoms. The third-order valence-electron chi connectivity index (χ3n) is 3.90. The quantitative estimate of drug-likeness (QED) is 0.624. The van der Waals surface area contributed by atoms with Crippen molar-refractivity contribution in [2.45, 2.75) is 32.0 Å². The fraction of sp³-hybridized carbons (Fsp3) is 0.538. The number of carbonyl (C=O) groups is 1. The van der Waals surface area contributed by atoms with Gasteiger partial charge in [0.05, 0.1) is 29.5 Å². The predicted molar refractivity (Wildman–Crippen MR) is 74.7 cm³/mol. The van der Waals surface area contributed by atoms with Crippen LogP contribution in [0.5, 0.6) is 0 Å². The maximum atomic E-state index is 11.8. The number of methoxy groups -OCH3 is 1. The summed E-state index contributed by atoms with van der Waals surface area (Å²) >= 11 is 0. The van der Waals surface area contributed by atoms with E-state index in [2.05, 4.69) is 4.98 Å². The van der Waals surface area contributed by atoms with Gasteiger partial charge in [-0.25, -0.2) is 4.79 Å². The van der Waals surface area contributed by atoms with E-state index in [1.807, 2.05) is 20.8 Å². The molecule has 1 unspecified atom stereocenters. The maximum absolute atomic E-state index is 11.8. The maximum Gasteiger partial charge on any atom is 0.515 e. The molecule has 0 bridgehead atoms. The van der Waals surface area contributed by atoms with E-state index in [1.165, 1.54) is 7.11 Å². The molecule has 2 rings (SSSR count). The number of esters is 1. The average Bonchev–Trinajstić information content (AvgIpc) is 2.69. The minimum atomic E-state index is -0.742. The first kappa shape index (κ1) is 15.0. The van der Waals surface area contributed by atoms with E-state index in [9.17, 15) is 4.79 Å². The van der Waals surface area contributed by atoms with Gasteiger partial charge in [0.2, 0.25) is 0 Å². The molecule has 0 radical (unpaired) electrons. The number of nitrogens with zero attached hydrogens (tertiary/aromatic N) is 1. The summed E-state index contributed by atoms with van der Waals surface area (Å²) in [6, 6.07) is 3.30. The Morgan fingerprint density at radius 2 is 2.15 bits per heavy atom. The lowest BCUT2D eigenvalue weighted by Crippen LogP contribution is -2.50. The normalized spacial score (nSPS) is 24.8. The lowest BCUT2D eigenvalue weighted by atomic mass is 9.81. The highest BCUT2D eigenvalue weighted by Gasteiger charge is 2.55. The molecule has 0 aromatic carbocycles. The van der Waals surface area contributed by atoms with Crippen LogP contribution in [0, 0.1) is 0 Å². The molecule has 2 heterocycles. The minimum absolute atomic E-state index is 0.302. The zero-order valence-corrected chi connectivity index (χ0v) is 12.2. The third-order valence-corrected chi connectivity index (χ3v) is 3.90. The number of rotatable bonds is 3. The largest absolute Gasteiger partial charge is 0.515 e. The van der Waals surface area contributed by atoms with Crippen molar-refractivity contribution in [3.8, 4) is 0 Å². The molecule has 0 saturated carbocycles. The third kappa shape index (κ3) is 2.32. The molecule has 1 fully saturated rings. The van der Waals surface area contributed by atoms with Gasteiger partial charge in [0, 0.05) is 12.7 Å². The molecule has 1 atom stereocenters. The number of hydrogen-bond donors (Lipinski definition) is 1. The number of ether oxygens (including phenoxy) is 1. The summed E-state index contributed by atoms with van der Waals surface area (Å²) in [5.74, 6) is -0.473. The highest BCUT2D eigenvalue weighted by Crippen LogP contribution is 2.36. The van der Waals surface area contributed by atoms with Crippen molar-refractivity contribution >= 4 is 18.7 Å². The Balaban J connectivity index is 2.38. The Labute approximate surface area is 118 Å². The molecule has 1 aromatic rings. The highest BCUT2D eigenvalue weighted by molar-refractivity contribution is 6.62. The van der Waals surface area contributed by atoms with Crippen LogP contribution in [-0.4, -0.2) is 42.9 Å². The SMILES string of the molecule is COC(=O)c1cccnc1B1OC(C)(C)C(C)(CN)O1. The smallest absolute Gasteiger partial charge is 0.465 e. The molecule has 1 aliphatic heterocycles. The summed E-state index contributed by atoms with van der Waals surface area (Å²) in [6.45, 7) is 5.99. The molecular formula is C13H19BN2O4. The summed E-state index contributed by atoms with van der Waals surface area (Å²) < 4.78 is 16.6. The van der Waals surface area contributed by atoms with Crippen LogP contribution >= 0.6 is 0 Å². The highest BCUT2D eigenvalue weighted by atomic mass is 16.7. The van der Waals surface area contributed by atoms with Gasteiger partial charge in [0.15, 0.2) is 0 Å². The van der Waals surface area contributed by atoms with Gasteiger partial charge in [0.25, 0.3) is 0 Å². The van der Waals surface area contributed by atoms with Gasteiger partial charge in [-0.05, 0) is 32.9 Å². The number of pyridine rings is 1. The monoisotopic (exact) mass is 278 g/mol. The van der Waals surface area contributed by atoms with E-state index in [0.29, 0.717) is 17.7 Å². The van der Waals surface area contributed by atoms with E-state index in [4.69, 9.17) is 19.8 Å². The van der Waals surface area contributed by atoms with Gasteiger partial charge in [-0.1, -0.05) is 0 Å². The van der Waals surface area contributed by atoms with Crippen LogP contribution in [0.25, 0.3) is 0 Å². The molecule has 108 valence electrons. The minimum Gasteiger partial charge on any atom is -0.465 e. The Morgan fingerprint density at radius 1 is 1.45 bits per heavy atom. The van der Waals surface area contributed by atoms with Crippen molar-refractivity contribution in [1.82, 2.24) is 4.98 Å². The van der Waals surface area contributed by atoms with Crippen LogP contribution in [0.2, 0.25) is 0 Å². The standard InChI is InChI=1S/C13H19BN2O4/c1-12(2)13(3,8-15)20-14(19-12)10-9(11(17)18-4)6-5-7-16-10/h5-7H,8,15H2,1-4H3. The molecule has 1 aliphatic rings. The lowest BCUT2D eigenvalue weighted by molar-refractivity contribution is -0.00187. The average molecular weight is 278 g/mol. The first-order valence-electron chi connectivity index (χ1n) is 6.43. The summed E-state index contributed by atoms with van der Waals surface area (Å²) in [7, 11) is 0.581. The van der Waals surface area contributed by atoms with Crippen LogP contribution in [0.15, 0.2) is 18.3 Å². The second-order valence-corrected chi connectivity index (χ2v) is 5.44. The molecular weight excluding hydrogens is 259 g/mol. The van der Waals surface area contributed by atoms with Crippen molar-refractivity contribution in [3.63, 3.8) is 0 Å². The van der Waals surface area contributed by atoms with Crippen LogP contribution in [0.4, 0.5) is 0 Å². The number of nitrogens with two attached hydrogens (primary N) is 1. The van der Waals surface area contributed by atoms with Crippen LogP contribution in [0.1, 0.15) is 31.1 Å². The summed E-state index contributed by atoms with van der Waals surface area (Å²) in [4.78, 5) is 16.0. The lowest BCUT2D eigenvalue weighted by Gasteiger charge is -2.34. The van der Waals surface area contributed by atoms with E-state index in [1.54, 1.807) is 18.3 Å². The van der Waals surface area contributed by atoms with Crippen molar-refractivity contribution in [2.24, 2.45) is 5.73 Å². The van der Waals surface area contributed by atoms with E-state index in [-0.39, 0.29) is 0 Å². The van der Waals surface area contributed by atoms with Crippen molar-refractivity contribution < 1.29 is 18.8 Å². The Hall–Kier alpha value is -1.44. The summed E-state index contributed by atoms with van der Waals surface area (Å²) in [5, 5.41) is 0. The van der Waals surface area contributed by atoms with Crippen molar-refractivity contribution in [3.05, 3.63) is 23.9 Å². The van der Waals surface area contributed by atoms with Crippen LogP contribution in [-0.2, 0) is 14.0 Å². The van der Waals surface area contributed by atoms with Gasteiger partial charge in [-0.3, -0.25) is 4.98 Å². The molecule has 0 aliphatic carbocycles. The van der Waals surface area contributed by atoms with Crippen LogP contribution < -0.4 is 11.3 Å². The van der Waals surface area contributed by atoms with Gasteiger partial charge in [0.1, 0.15) is 0 Å². The second-order valence-electron chi connectivity index (χ2n) is 5.44. The molecule has 1 aromatic heterocycles. The molecule has 0 spiro atoms. The van der Waals surface area contributed by atoms with E-state index < -0.39 is 24.3 Å². The number of carbonyl (C=O) groups excluding carboxylic acids is 1. The Morgan fingerprint density at radius 3 is 2.70 bits per heavy atom. The number of hydrogen-bond acceptors (Lipinski definition) is 6. The topological polar surface area (TPSA) is 83.7 Å². The van der Waals surface area contributed by atoms with Gasteiger partial charge >= 0.3 is 13.1 Å².